The van der Waals surface area contributed by atoms with Crippen LogP contribution in [-0.2, 0) is 0 Å². The van der Waals surface area contributed by atoms with Gasteiger partial charge in [-0.25, -0.2) is 0 Å². The van der Waals surface area contributed by atoms with Gasteiger partial charge in [-0.3, -0.25) is 0 Å². The zero-order valence-electron chi connectivity index (χ0n) is 10.0. The minimum atomic E-state index is -0.481. The molecule has 0 amide bonds. The molecule has 2 atom stereocenters. The zero-order valence-corrected chi connectivity index (χ0v) is 13.2. The highest BCUT2D eigenvalue weighted by Crippen LogP contribution is 2.41. The Kier molecular flexibility index (Phi) is 3.65. The summed E-state index contributed by atoms with van der Waals surface area (Å²) < 4.78 is 8.00. The average Bonchev–Trinajstić information content (AvgIpc) is 2.38. The van der Waals surface area contributed by atoms with Crippen LogP contribution in [0.4, 0.5) is 0 Å². The fourth-order valence-electron chi connectivity index (χ4n) is 2.30. The van der Waals surface area contributed by atoms with E-state index in [1.807, 2.05) is 42.5 Å². The van der Waals surface area contributed by atoms with E-state index in [0.29, 0.717) is 6.42 Å². The van der Waals surface area contributed by atoms with E-state index in [1.165, 1.54) is 0 Å². The first-order valence-electron chi connectivity index (χ1n) is 6.03. The van der Waals surface area contributed by atoms with Crippen LogP contribution in [0.2, 0.25) is 0 Å². The summed E-state index contributed by atoms with van der Waals surface area (Å²) in [6.45, 7) is 0. The van der Waals surface area contributed by atoms with Gasteiger partial charge in [-0.1, -0.05) is 50.1 Å². The van der Waals surface area contributed by atoms with E-state index in [-0.39, 0.29) is 6.10 Å². The third-order valence-electron chi connectivity index (χ3n) is 3.28. The van der Waals surface area contributed by atoms with Gasteiger partial charge in [0.2, 0.25) is 0 Å². The Balaban J connectivity index is 1.93. The Hall–Kier alpha value is -0.840. The Labute approximate surface area is 128 Å². The SMILES string of the molecule is OC1CC(c2ccc(Br)cc2)Oc2cc(Br)ccc21. The Morgan fingerprint density at radius 1 is 1.00 bits per heavy atom. The van der Waals surface area contributed by atoms with Gasteiger partial charge in [0.05, 0.1) is 6.10 Å². The second-order valence-electron chi connectivity index (χ2n) is 4.59. The van der Waals surface area contributed by atoms with Gasteiger partial charge >= 0.3 is 0 Å². The number of fused-ring (bicyclic) bond motifs is 1. The monoisotopic (exact) mass is 382 g/mol. The number of rotatable bonds is 1. The maximum atomic E-state index is 10.2. The molecule has 3 rings (SSSR count). The van der Waals surface area contributed by atoms with Gasteiger partial charge in [0, 0.05) is 20.9 Å². The standard InChI is InChI=1S/C15H12Br2O2/c16-10-3-1-9(2-4-10)14-8-13(18)12-6-5-11(17)7-15(12)19-14/h1-7,13-14,18H,8H2. The smallest absolute Gasteiger partial charge is 0.127 e. The fourth-order valence-corrected chi connectivity index (χ4v) is 2.90. The van der Waals surface area contributed by atoms with E-state index >= 15 is 0 Å². The zero-order chi connectivity index (χ0) is 13.4. The van der Waals surface area contributed by atoms with E-state index in [0.717, 1.165) is 25.8 Å². The number of ether oxygens (including phenoxy) is 1. The molecule has 1 heterocycles. The quantitative estimate of drug-likeness (QED) is 0.768. The molecule has 0 saturated heterocycles. The number of benzene rings is 2. The third-order valence-corrected chi connectivity index (χ3v) is 4.30. The van der Waals surface area contributed by atoms with Crippen LogP contribution in [-0.4, -0.2) is 5.11 Å². The van der Waals surface area contributed by atoms with Crippen LogP contribution in [0.15, 0.2) is 51.4 Å². The molecular formula is C15H12Br2O2. The molecule has 0 fully saturated rings. The van der Waals surface area contributed by atoms with Crippen molar-refractivity contribution >= 4 is 31.9 Å². The molecule has 2 aromatic rings. The summed E-state index contributed by atoms with van der Waals surface area (Å²) >= 11 is 6.85. The Bertz CT molecular complexity index is 596. The number of halogens is 2. The summed E-state index contributed by atoms with van der Waals surface area (Å²) in [6, 6.07) is 13.7. The van der Waals surface area contributed by atoms with Crippen molar-refractivity contribution in [3.8, 4) is 5.75 Å². The first-order valence-corrected chi connectivity index (χ1v) is 7.62. The van der Waals surface area contributed by atoms with E-state index in [9.17, 15) is 5.11 Å². The van der Waals surface area contributed by atoms with Crippen LogP contribution in [0.25, 0.3) is 0 Å². The van der Waals surface area contributed by atoms with Crippen molar-refractivity contribution in [2.75, 3.05) is 0 Å². The second-order valence-corrected chi connectivity index (χ2v) is 6.42. The predicted octanol–water partition coefficient (Wildman–Crippen LogP) is 4.77. The van der Waals surface area contributed by atoms with E-state index < -0.39 is 6.10 Å². The molecule has 4 heteroatoms. The van der Waals surface area contributed by atoms with Gasteiger partial charge in [0.25, 0.3) is 0 Å². The van der Waals surface area contributed by atoms with Gasteiger partial charge in [0.15, 0.2) is 0 Å². The summed E-state index contributed by atoms with van der Waals surface area (Å²) in [5.74, 6) is 0.751. The van der Waals surface area contributed by atoms with E-state index in [2.05, 4.69) is 31.9 Å². The van der Waals surface area contributed by atoms with Crippen LogP contribution in [0, 0.1) is 0 Å². The highest BCUT2D eigenvalue weighted by atomic mass is 79.9. The van der Waals surface area contributed by atoms with Crippen LogP contribution >= 0.6 is 31.9 Å². The molecule has 0 aromatic heterocycles. The fraction of sp³-hybridized carbons (Fsp3) is 0.200. The number of hydrogen-bond donors (Lipinski definition) is 1. The summed E-state index contributed by atoms with van der Waals surface area (Å²) in [7, 11) is 0. The van der Waals surface area contributed by atoms with Gasteiger partial charge in [-0.2, -0.15) is 0 Å². The number of aliphatic hydroxyl groups is 1. The summed E-state index contributed by atoms with van der Waals surface area (Å²) in [5, 5.41) is 10.2. The Morgan fingerprint density at radius 2 is 1.68 bits per heavy atom. The molecule has 1 aliphatic rings. The largest absolute Gasteiger partial charge is 0.485 e. The van der Waals surface area contributed by atoms with Crippen LogP contribution in [0.1, 0.15) is 29.8 Å². The van der Waals surface area contributed by atoms with Crippen LogP contribution in [0.3, 0.4) is 0 Å². The molecule has 19 heavy (non-hydrogen) atoms. The van der Waals surface area contributed by atoms with Gasteiger partial charge in [-0.05, 0) is 29.8 Å². The highest BCUT2D eigenvalue weighted by molar-refractivity contribution is 9.10. The minimum Gasteiger partial charge on any atom is -0.485 e. The van der Waals surface area contributed by atoms with Gasteiger partial charge in [-0.15, -0.1) is 0 Å². The molecule has 1 aliphatic heterocycles. The van der Waals surface area contributed by atoms with Gasteiger partial charge in [0.1, 0.15) is 11.9 Å². The predicted molar refractivity (Wildman–Crippen MR) is 81.2 cm³/mol. The van der Waals surface area contributed by atoms with Crippen LogP contribution in [0.5, 0.6) is 5.75 Å². The normalized spacial score (nSPS) is 21.6. The first kappa shape index (κ1) is 13.2. The molecule has 2 aromatic carbocycles. The lowest BCUT2D eigenvalue weighted by Gasteiger charge is -2.30. The Morgan fingerprint density at radius 3 is 2.42 bits per heavy atom. The molecule has 98 valence electrons. The second kappa shape index (κ2) is 5.27. The summed E-state index contributed by atoms with van der Waals surface area (Å²) in [4.78, 5) is 0. The molecular weight excluding hydrogens is 372 g/mol. The lowest BCUT2D eigenvalue weighted by molar-refractivity contribution is 0.0657. The average molecular weight is 384 g/mol. The molecule has 1 N–H and O–H groups in total. The molecule has 0 radical (unpaired) electrons. The maximum absolute atomic E-state index is 10.2. The minimum absolute atomic E-state index is 0.107. The van der Waals surface area contributed by atoms with Crippen molar-refractivity contribution < 1.29 is 9.84 Å². The molecule has 0 spiro atoms. The third kappa shape index (κ3) is 2.71. The van der Waals surface area contributed by atoms with E-state index in [4.69, 9.17) is 4.74 Å². The molecule has 2 nitrogen and oxygen atoms in total. The topological polar surface area (TPSA) is 29.5 Å². The number of hydrogen-bond acceptors (Lipinski definition) is 2. The van der Waals surface area contributed by atoms with Crippen molar-refractivity contribution in [2.24, 2.45) is 0 Å². The van der Waals surface area contributed by atoms with Crippen LogP contribution < -0.4 is 4.74 Å². The molecule has 0 saturated carbocycles. The molecule has 0 aliphatic carbocycles. The lowest BCUT2D eigenvalue weighted by atomic mass is 9.95. The van der Waals surface area contributed by atoms with Crippen molar-refractivity contribution in [3.05, 3.63) is 62.5 Å². The maximum Gasteiger partial charge on any atom is 0.127 e. The van der Waals surface area contributed by atoms with Crippen molar-refractivity contribution in [3.63, 3.8) is 0 Å². The summed E-state index contributed by atoms with van der Waals surface area (Å²) in [5.41, 5.74) is 1.93. The number of aliphatic hydroxyl groups excluding tert-OH is 1. The summed E-state index contributed by atoms with van der Waals surface area (Å²) in [6.07, 6.45) is -0.00797. The molecule has 0 bridgehead atoms. The van der Waals surface area contributed by atoms with Crippen molar-refractivity contribution in [2.45, 2.75) is 18.6 Å². The van der Waals surface area contributed by atoms with Crippen molar-refractivity contribution in [1.29, 1.82) is 0 Å². The highest BCUT2D eigenvalue weighted by Gasteiger charge is 2.27. The molecule has 2 unspecified atom stereocenters. The lowest BCUT2D eigenvalue weighted by Crippen LogP contribution is -2.18. The van der Waals surface area contributed by atoms with Crippen molar-refractivity contribution in [1.82, 2.24) is 0 Å². The first-order chi connectivity index (χ1) is 9.13. The van der Waals surface area contributed by atoms with Gasteiger partial charge < -0.3 is 9.84 Å². The van der Waals surface area contributed by atoms with E-state index in [1.54, 1.807) is 0 Å².